The summed E-state index contributed by atoms with van der Waals surface area (Å²) in [5, 5.41) is 3.71. The minimum absolute atomic E-state index is 0.160. The summed E-state index contributed by atoms with van der Waals surface area (Å²) in [6, 6.07) is 6.30. The highest BCUT2D eigenvalue weighted by molar-refractivity contribution is 6.05. The van der Waals surface area contributed by atoms with E-state index >= 15 is 0 Å². The number of nitrogens with two attached hydrogens (primary N) is 1. The smallest absolute Gasteiger partial charge is 0.323 e. The Labute approximate surface area is 181 Å². The zero-order chi connectivity index (χ0) is 21.5. The lowest BCUT2D eigenvalue weighted by atomic mass is 9.85. The third kappa shape index (κ3) is 3.82. The lowest BCUT2D eigenvalue weighted by Gasteiger charge is -2.28. The summed E-state index contributed by atoms with van der Waals surface area (Å²) >= 11 is 0. The van der Waals surface area contributed by atoms with Crippen molar-refractivity contribution in [2.24, 2.45) is 17.6 Å². The number of nitrogens with zero attached hydrogens (tertiary/aromatic N) is 2. The molecule has 0 bridgehead atoms. The predicted octanol–water partition coefficient (Wildman–Crippen LogP) is 4.49. The molecule has 2 heterocycles. The second kappa shape index (κ2) is 8.02. The molecule has 2 aromatic rings. The van der Waals surface area contributed by atoms with Crippen LogP contribution >= 0.6 is 0 Å². The normalized spacial score (nSPS) is 25.4. The van der Waals surface area contributed by atoms with Gasteiger partial charge in [0.15, 0.2) is 5.78 Å². The maximum Gasteiger partial charge on any atom is 0.323 e. The van der Waals surface area contributed by atoms with Crippen LogP contribution in [-0.2, 0) is 4.79 Å². The third-order valence-corrected chi connectivity index (χ3v) is 7.43. The first-order chi connectivity index (χ1) is 15.0. The number of Topliss-reactive ketones (excluding diaryl/α,β-unsaturated/α-hetero) is 1. The molecule has 3 atom stereocenters. The molecule has 0 unspecified atom stereocenters. The largest absolute Gasteiger partial charge is 0.351 e. The maximum absolute atomic E-state index is 13.2. The highest BCUT2D eigenvalue weighted by Crippen LogP contribution is 2.48. The summed E-state index contributed by atoms with van der Waals surface area (Å²) in [5.74, 6) is 1.31. The lowest BCUT2D eigenvalue weighted by Crippen LogP contribution is -2.45. The molecular formula is C24H30N4O3. The van der Waals surface area contributed by atoms with Gasteiger partial charge in [0.1, 0.15) is 0 Å². The number of para-hydroxylation sites is 1. The molecule has 3 amide bonds. The van der Waals surface area contributed by atoms with Crippen LogP contribution in [-0.4, -0.2) is 39.4 Å². The number of carbonyl (C=O) groups is 3. The van der Waals surface area contributed by atoms with Crippen LogP contribution in [0.15, 0.2) is 30.5 Å². The first-order valence-electron chi connectivity index (χ1n) is 11.5. The van der Waals surface area contributed by atoms with Crippen LogP contribution in [0.4, 0.5) is 15.3 Å². The zero-order valence-corrected chi connectivity index (χ0v) is 17.8. The van der Waals surface area contributed by atoms with Gasteiger partial charge in [-0.25, -0.2) is 9.59 Å². The Balaban J connectivity index is 1.30. The minimum atomic E-state index is -0.601. The fraction of sp³-hybridized carbons (Fsp3) is 0.542. The van der Waals surface area contributed by atoms with Crippen LogP contribution < -0.4 is 11.1 Å². The number of nitrogens with one attached hydrogen (secondary N) is 1. The van der Waals surface area contributed by atoms with Gasteiger partial charge in [0, 0.05) is 24.0 Å². The van der Waals surface area contributed by atoms with Crippen molar-refractivity contribution in [1.29, 1.82) is 0 Å². The SMILES string of the molecule is NC(=O)n1cc(NC(=O)N2[C@@H]3C[C@@H]3C[C@H]2C(=O)CCC2CCCCC2)c2ccccc21. The maximum atomic E-state index is 13.2. The van der Waals surface area contributed by atoms with E-state index in [1.807, 2.05) is 18.2 Å². The summed E-state index contributed by atoms with van der Waals surface area (Å²) < 4.78 is 1.33. The standard InChI is InChI=1S/C24H30N4O3/c25-23(30)27-14-18(17-8-4-5-9-19(17)27)26-24(31)28-20-12-16(20)13-21(28)22(29)11-10-15-6-2-1-3-7-15/h4-5,8-9,14-16,20-21H,1-3,6-7,10-13H2,(H2,25,30)(H,26,31)/t16-,20-,21+/m1/s1. The van der Waals surface area contributed by atoms with Gasteiger partial charge in [-0.05, 0) is 37.2 Å². The van der Waals surface area contributed by atoms with Gasteiger partial charge >= 0.3 is 12.1 Å². The quantitative estimate of drug-likeness (QED) is 0.743. The van der Waals surface area contributed by atoms with Crippen molar-refractivity contribution in [2.75, 3.05) is 5.32 Å². The van der Waals surface area contributed by atoms with Crippen molar-refractivity contribution in [1.82, 2.24) is 9.47 Å². The molecule has 0 spiro atoms. The zero-order valence-electron chi connectivity index (χ0n) is 17.8. The van der Waals surface area contributed by atoms with Gasteiger partial charge in [0.05, 0.1) is 17.2 Å². The third-order valence-electron chi connectivity index (χ3n) is 7.43. The van der Waals surface area contributed by atoms with E-state index in [4.69, 9.17) is 5.73 Å². The van der Waals surface area contributed by atoms with E-state index in [0.717, 1.165) is 24.6 Å². The van der Waals surface area contributed by atoms with E-state index in [1.165, 1.54) is 36.7 Å². The summed E-state index contributed by atoms with van der Waals surface area (Å²) in [6.07, 6.45) is 11.2. The van der Waals surface area contributed by atoms with Crippen molar-refractivity contribution in [3.8, 4) is 0 Å². The number of rotatable bonds is 5. The Hall–Kier alpha value is -2.83. The number of ketones is 1. The van der Waals surface area contributed by atoms with Crippen LogP contribution in [0.1, 0.15) is 57.8 Å². The molecule has 164 valence electrons. The Kier molecular flexibility index (Phi) is 5.20. The molecule has 1 saturated heterocycles. The molecule has 0 radical (unpaired) electrons. The molecule has 1 aromatic carbocycles. The number of aromatic nitrogens is 1. The number of benzene rings is 1. The lowest BCUT2D eigenvalue weighted by molar-refractivity contribution is -0.123. The number of likely N-dealkylation sites (tertiary alicyclic amines) is 1. The molecule has 1 aliphatic heterocycles. The molecule has 3 N–H and O–H groups in total. The Bertz CT molecular complexity index is 1020. The minimum Gasteiger partial charge on any atom is -0.351 e. The average Bonchev–Trinajstić information content (AvgIpc) is 3.28. The number of hydrogen-bond acceptors (Lipinski definition) is 3. The highest BCUT2D eigenvalue weighted by atomic mass is 16.2. The monoisotopic (exact) mass is 422 g/mol. The van der Waals surface area contributed by atoms with Gasteiger partial charge in [-0.2, -0.15) is 0 Å². The number of amides is 3. The molecular weight excluding hydrogens is 392 g/mol. The fourth-order valence-electron chi connectivity index (χ4n) is 5.67. The van der Waals surface area contributed by atoms with E-state index < -0.39 is 6.03 Å². The van der Waals surface area contributed by atoms with Crippen LogP contribution in [0.5, 0.6) is 0 Å². The summed E-state index contributed by atoms with van der Waals surface area (Å²) in [4.78, 5) is 39.8. The molecule has 31 heavy (non-hydrogen) atoms. The van der Waals surface area contributed by atoms with Crippen molar-refractivity contribution in [3.05, 3.63) is 30.5 Å². The second-order valence-electron chi connectivity index (χ2n) is 9.43. The molecule has 2 saturated carbocycles. The topological polar surface area (TPSA) is 97.4 Å². The fourth-order valence-corrected chi connectivity index (χ4v) is 5.67. The molecule has 3 aliphatic rings. The summed E-state index contributed by atoms with van der Waals surface area (Å²) in [7, 11) is 0. The number of anilines is 1. The van der Waals surface area contributed by atoms with Crippen molar-refractivity contribution in [2.45, 2.75) is 69.9 Å². The van der Waals surface area contributed by atoms with Gasteiger partial charge in [-0.1, -0.05) is 50.3 Å². The Morgan fingerprint density at radius 3 is 2.61 bits per heavy atom. The van der Waals surface area contributed by atoms with Gasteiger partial charge in [0.2, 0.25) is 0 Å². The molecule has 1 aromatic heterocycles. The number of urea groups is 1. The molecule has 7 heteroatoms. The van der Waals surface area contributed by atoms with E-state index in [0.29, 0.717) is 29.5 Å². The highest BCUT2D eigenvalue weighted by Gasteiger charge is 2.55. The summed E-state index contributed by atoms with van der Waals surface area (Å²) in [5.41, 5.74) is 6.68. The molecule has 2 aliphatic carbocycles. The Morgan fingerprint density at radius 1 is 1.06 bits per heavy atom. The van der Waals surface area contributed by atoms with Gasteiger partial charge in [0.25, 0.3) is 0 Å². The van der Waals surface area contributed by atoms with Crippen LogP contribution in [0.2, 0.25) is 0 Å². The first kappa shape index (κ1) is 20.1. The first-order valence-corrected chi connectivity index (χ1v) is 11.5. The van der Waals surface area contributed by atoms with Gasteiger partial charge < -0.3 is 16.0 Å². The Morgan fingerprint density at radius 2 is 1.84 bits per heavy atom. The number of carbonyl (C=O) groups excluding carboxylic acids is 3. The number of piperidine rings is 1. The number of primary amides is 1. The van der Waals surface area contributed by atoms with E-state index in [2.05, 4.69) is 5.32 Å². The molecule has 3 fully saturated rings. The van der Waals surface area contributed by atoms with E-state index in [9.17, 15) is 14.4 Å². The van der Waals surface area contributed by atoms with Gasteiger partial charge in [-0.3, -0.25) is 9.36 Å². The number of fused-ring (bicyclic) bond motifs is 2. The average molecular weight is 423 g/mol. The molecule has 7 nitrogen and oxygen atoms in total. The van der Waals surface area contributed by atoms with Crippen molar-refractivity contribution < 1.29 is 14.4 Å². The van der Waals surface area contributed by atoms with Crippen molar-refractivity contribution >= 4 is 34.4 Å². The van der Waals surface area contributed by atoms with Crippen molar-refractivity contribution in [3.63, 3.8) is 0 Å². The van der Waals surface area contributed by atoms with Crippen LogP contribution in [0.25, 0.3) is 10.9 Å². The summed E-state index contributed by atoms with van der Waals surface area (Å²) in [6.45, 7) is 0. The number of hydrogen-bond donors (Lipinski definition) is 2. The predicted molar refractivity (Wildman–Crippen MR) is 119 cm³/mol. The van der Waals surface area contributed by atoms with Crippen LogP contribution in [0.3, 0.4) is 0 Å². The van der Waals surface area contributed by atoms with Crippen LogP contribution in [0, 0.1) is 11.8 Å². The second-order valence-corrected chi connectivity index (χ2v) is 9.43. The van der Waals surface area contributed by atoms with E-state index in [1.54, 1.807) is 17.2 Å². The molecule has 5 rings (SSSR count). The van der Waals surface area contributed by atoms with E-state index in [-0.39, 0.29) is 23.9 Å². The van der Waals surface area contributed by atoms with Gasteiger partial charge in [-0.15, -0.1) is 0 Å².